The third kappa shape index (κ3) is 4.21. The number of nitrogens with zero attached hydrogens (tertiary/aromatic N) is 1. The van der Waals surface area contributed by atoms with Crippen LogP contribution in [0.3, 0.4) is 0 Å². The molecule has 1 amide bonds. The van der Waals surface area contributed by atoms with Crippen LogP contribution in [0.4, 0.5) is 0 Å². The number of phenols is 1. The number of nitrogens with two attached hydrogens (primary N) is 1. The molecule has 0 saturated carbocycles. The van der Waals surface area contributed by atoms with Crippen LogP contribution < -0.4 is 10.6 Å². The minimum Gasteiger partial charge on any atom is -0.507 e. The third-order valence-electron chi connectivity index (χ3n) is 2.99. The lowest BCUT2D eigenvalue weighted by Crippen LogP contribution is -2.44. The van der Waals surface area contributed by atoms with Gasteiger partial charge in [-0.1, -0.05) is 30.3 Å². The summed E-state index contributed by atoms with van der Waals surface area (Å²) >= 11 is 0. The van der Waals surface area contributed by atoms with Gasteiger partial charge in [0.2, 0.25) is 0 Å². The van der Waals surface area contributed by atoms with Crippen molar-refractivity contribution in [2.24, 2.45) is 5.84 Å². The van der Waals surface area contributed by atoms with Gasteiger partial charge in [0.25, 0.3) is 5.91 Å². The highest BCUT2D eigenvalue weighted by atomic mass is 16.5. The maximum atomic E-state index is 12.1. The summed E-state index contributed by atoms with van der Waals surface area (Å²) in [5, 5.41) is 20.4. The Kier molecular flexibility index (Phi) is 5.35. The molecule has 0 aliphatic carbocycles. The van der Waals surface area contributed by atoms with Gasteiger partial charge in [-0.25, -0.2) is 5.84 Å². The van der Waals surface area contributed by atoms with E-state index < -0.39 is 12.0 Å². The van der Waals surface area contributed by atoms with E-state index in [9.17, 15) is 15.0 Å². The Balaban J connectivity index is 1.87. The summed E-state index contributed by atoms with van der Waals surface area (Å²) in [4.78, 5) is 12.1. The molecule has 0 fully saturated rings. The average molecular weight is 302 g/mol. The van der Waals surface area contributed by atoms with Crippen LogP contribution in [0.5, 0.6) is 11.5 Å². The summed E-state index contributed by atoms with van der Waals surface area (Å²) < 4.78 is 5.38. The summed E-state index contributed by atoms with van der Waals surface area (Å²) in [6.45, 7) is -0.105. The number of benzene rings is 2. The van der Waals surface area contributed by atoms with Gasteiger partial charge in [-0.2, -0.15) is 0 Å². The fourth-order valence-electron chi connectivity index (χ4n) is 1.88. The van der Waals surface area contributed by atoms with Crippen molar-refractivity contribution in [3.05, 3.63) is 60.2 Å². The van der Waals surface area contributed by atoms with E-state index >= 15 is 0 Å². The topological polar surface area (TPSA) is 96.0 Å². The molecule has 0 aliphatic rings. The quantitative estimate of drug-likeness (QED) is 0.422. The molecule has 2 aromatic rings. The van der Waals surface area contributed by atoms with Crippen LogP contribution in [0.1, 0.15) is 10.4 Å². The normalized spacial score (nSPS) is 11.7. The van der Waals surface area contributed by atoms with Gasteiger partial charge in [-0.15, -0.1) is 0 Å². The van der Waals surface area contributed by atoms with E-state index in [0.29, 0.717) is 5.75 Å². The van der Waals surface area contributed by atoms with Gasteiger partial charge >= 0.3 is 0 Å². The van der Waals surface area contributed by atoms with Crippen LogP contribution in [0.15, 0.2) is 54.6 Å². The van der Waals surface area contributed by atoms with E-state index in [1.54, 1.807) is 24.3 Å². The van der Waals surface area contributed by atoms with Gasteiger partial charge in [0, 0.05) is 0 Å². The molecule has 1 atom stereocenters. The molecule has 0 radical (unpaired) electrons. The number of aliphatic hydroxyl groups excluding tert-OH is 1. The van der Waals surface area contributed by atoms with Crippen molar-refractivity contribution in [1.29, 1.82) is 0 Å². The fourth-order valence-corrected chi connectivity index (χ4v) is 1.88. The number of carbonyl (C=O) groups excluding carboxylic acids is 1. The summed E-state index contributed by atoms with van der Waals surface area (Å²) in [6, 6.07) is 15.1. The van der Waals surface area contributed by atoms with E-state index in [1.807, 2.05) is 18.2 Å². The highest BCUT2D eigenvalue weighted by molar-refractivity contribution is 5.96. The maximum absolute atomic E-state index is 12.1. The lowest BCUT2D eigenvalue weighted by molar-refractivity contribution is 0.0498. The summed E-state index contributed by atoms with van der Waals surface area (Å²) in [6.07, 6.45) is -0.944. The van der Waals surface area contributed by atoms with Crippen molar-refractivity contribution < 1.29 is 19.7 Å². The van der Waals surface area contributed by atoms with Crippen LogP contribution in [0, 0.1) is 0 Å². The zero-order valence-electron chi connectivity index (χ0n) is 11.9. The third-order valence-corrected chi connectivity index (χ3v) is 2.99. The van der Waals surface area contributed by atoms with Gasteiger partial charge < -0.3 is 14.9 Å². The molecular weight excluding hydrogens is 284 g/mol. The first kappa shape index (κ1) is 15.8. The second-order valence-corrected chi connectivity index (χ2v) is 4.75. The molecule has 0 aromatic heterocycles. The molecule has 2 aromatic carbocycles. The van der Waals surface area contributed by atoms with E-state index in [2.05, 4.69) is 0 Å². The summed E-state index contributed by atoms with van der Waals surface area (Å²) in [5.74, 6) is 5.54. The van der Waals surface area contributed by atoms with E-state index in [0.717, 1.165) is 5.01 Å². The van der Waals surface area contributed by atoms with E-state index in [-0.39, 0.29) is 24.5 Å². The molecule has 0 heterocycles. The molecule has 6 heteroatoms. The van der Waals surface area contributed by atoms with Crippen molar-refractivity contribution in [2.45, 2.75) is 6.10 Å². The number of hydrogen-bond acceptors (Lipinski definition) is 5. The number of aliphatic hydroxyl groups is 1. The number of para-hydroxylation sites is 2. The summed E-state index contributed by atoms with van der Waals surface area (Å²) in [5.41, 5.74) is 0.0844. The molecule has 0 spiro atoms. The maximum Gasteiger partial charge on any atom is 0.271 e. The first-order valence-electron chi connectivity index (χ1n) is 6.78. The van der Waals surface area contributed by atoms with Gasteiger partial charge in [0.1, 0.15) is 24.2 Å². The molecule has 116 valence electrons. The largest absolute Gasteiger partial charge is 0.507 e. The number of carbonyl (C=O) groups is 1. The van der Waals surface area contributed by atoms with Crippen LogP contribution >= 0.6 is 0 Å². The lowest BCUT2D eigenvalue weighted by Gasteiger charge is -2.21. The molecule has 2 rings (SSSR count). The molecule has 0 unspecified atom stereocenters. The Hall–Kier alpha value is -2.57. The average Bonchev–Trinajstić information content (AvgIpc) is 2.53. The van der Waals surface area contributed by atoms with Crippen LogP contribution in [-0.2, 0) is 0 Å². The highest BCUT2D eigenvalue weighted by Crippen LogP contribution is 2.17. The molecular formula is C16H18N2O4. The molecule has 22 heavy (non-hydrogen) atoms. The van der Waals surface area contributed by atoms with Gasteiger partial charge in [0.05, 0.1) is 12.1 Å². The monoisotopic (exact) mass is 302 g/mol. The Morgan fingerprint density at radius 1 is 1.14 bits per heavy atom. The van der Waals surface area contributed by atoms with Gasteiger partial charge in [-0.05, 0) is 24.3 Å². The van der Waals surface area contributed by atoms with Gasteiger partial charge in [-0.3, -0.25) is 9.80 Å². The van der Waals surface area contributed by atoms with Crippen molar-refractivity contribution >= 4 is 5.91 Å². The van der Waals surface area contributed by atoms with Crippen molar-refractivity contribution in [3.8, 4) is 11.5 Å². The number of hydrazine groups is 1. The Bertz CT molecular complexity index is 619. The van der Waals surface area contributed by atoms with Gasteiger partial charge in [0.15, 0.2) is 0 Å². The second-order valence-electron chi connectivity index (χ2n) is 4.75. The van der Waals surface area contributed by atoms with E-state index in [1.165, 1.54) is 12.1 Å². The predicted octanol–water partition coefficient (Wildman–Crippen LogP) is 1.15. The Labute approximate surface area is 128 Å². The SMILES string of the molecule is NN(C[C@H](O)COc1ccccc1)C(=O)c1ccccc1O. The minimum atomic E-state index is -0.944. The number of aromatic hydroxyl groups is 1. The number of phenolic OH excluding ortho intramolecular Hbond substituents is 1. The lowest BCUT2D eigenvalue weighted by atomic mass is 10.2. The molecule has 0 aliphatic heterocycles. The van der Waals surface area contributed by atoms with Crippen molar-refractivity contribution in [2.75, 3.05) is 13.2 Å². The molecule has 4 N–H and O–H groups in total. The van der Waals surface area contributed by atoms with E-state index in [4.69, 9.17) is 10.6 Å². The standard InChI is InChI=1S/C16H18N2O4/c17-18(16(21)14-8-4-5-9-15(14)20)10-12(19)11-22-13-6-2-1-3-7-13/h1-9,12,19-20H,10-11,17H2/t12-/m0/s1. The first-order valence-corrected chi connectivity index (χ1v) is 6.78. The Morgan fingerprint density at radius 2 is 1.77 bits per heavy atom. The van der Waals surface area contributed by atoms with Crippen LogP contribution in [-0.4, -0.2) is 40.4 Å². The second kappa shape index (κ2) is 7.44. The van der Waals surface area contributed by atoms with Crippen LogP contribution in [0.25, 0.3) is 0 Å². The van der Waals surface area contributed by atoms with Crippen molar-refractivity contribution in [3.63, 3.8) is 0 Å². The number of ether oxygens (including phenoxy) is 1. The predicted molar refractivity (Wildman–Crippen MR) is 81.3 cm³/mol. The zero-order chi connectivity index (χ0) is 15.9. The number of rotatable bonds is 6. The van der Waals surface area contributed by atoms with Crippen molar-refractivity contribution in [1.82, 2.24) is 5.01 Å². The molecule has 6 nitrogen and oxygen atoms in total. The minimum absolute atomic E-state index is 0.00572. The van der Waals surface area contributed by atoms with Crippen LogP contribution in [0.2, 0.25) is 0 Å². The highest BCUT2D eigenvalue weighted by Gasteiger charge is 2.19. The first-order chi connectivity index (χ1) is 10.6. The number of amides is 1. The smallest absolute Gasteiger partial charge is 0.271 e. The zero-order valence-corrected chi connectivity index (χ0v) is 11.9. The molecule has 0 bridgehead atoms. The number of hydrogen-bond donors (Lipinski definition) is 3. The summed E-state index contributed by atoms with van der Waals surface area (Å²) in [7, 11) is 0. The Morgan fingerprint density at radius 3 is 2.45 bits per heavy atom. The molecule has 0 saturated heterocycles. The fraction of sp³-hybridized carbons (Fsp3) is 0.188.